The molecule has 1 aliphatic rings. The second-order valence-electron chi connectivity index (χ2n) is 5.89. The van der Waals surface area contributed by atoms with Crippen LogP contribution in [0.3, 0.4) is 0 Å². The molecule has 0 heterocycles. The molecular formula is C16H24N2O2. The lowest BCUT2D eigenvalue weighted by molar-refractivity contribution is 0.0246. The summed E-state index contributed by atoms with van der Waals surface area (Å²) < 4.78 is 0. The first kappa shape index (κ1) is 14.9. The Morgan fingerprint density at radius 3 is 2.55 bits per heavy atom. The molecule has 1 aromatic carbocycles. The first-order valence-corrected chi connectivity index (χ1v) is 7.37. The molecule has 0 atom stereocenters. The standard InChI is InChI=1S/C16H24N2O2/c1-12-10-13(6-7-14(12)17)15(19)18-11-16(20)8-4-2-3-5-9-16/h6-7,10,20H,2-5,8-9,11,17H2,1H3,(H,18,19). The topological polar surface area (TPSA) is 75.3 Å². The van der Waals surface area contributed by atoms with Gasteiger partial charge in [0.1, 0.15) is 0 Å². The molecule has 0 unspecified atom stereocenters. The fraction of sp³-hybridized carbons (Fsp3) is 0.562. The average Bonchev–Trinajstić information content (AvgIpc) is 2.65. The fourth-order valence-electron chi connectivity index (χ4n) is 2.73. The highest BCUT2D eigenvalue weighted by atomic mass is 16.3. The van der Waals surface area contributed by atoms with Gasteiger partial charge in [-0.05, 0) is 43.5 Å². The number of amides is 1. The molecule has 1 aliphatic carbocycles. The van der Waals surface area contributed by atoms with Gasteiger partial charge in [0.05, 0.1) is 5.60 Å². The van der Waals surface area contributed by atoms with E-state index in [1.807, 2.05) is 6.92 Å². The zero-order valence-electron chi connectivity index (χ0n) is 12.1. The van der Waals surface area contributed by atoms with Crippen molar-refractivity contribution < 1.29 is 9.90 Å². The van der Waals surface area contributed by atoms with E-state index >= 15 is 0 Å². The first-order chi connectivity index (χ1) is 9.50. The summed E-state index contributed by atoms with van der Waals surface area (Å²) in [6.45, 7) is 2.21. The molecule has 0 aromatic heterocycles. The maximum absolute atomic E-state index is 12.1. The maximum Gasteiger partial charge on any atom is 0.251 e. The van der Waals surface area contributed by atoms with Crippen LogP contribution in [0.4, 0.5) is 5.69 Å². The first-order valence-electron chi connectivity index (χ1n) is 7.37. The van der Waals surface area contributed by atoms with Crippen LogP contribution in [-0.4, -0.2) is 23.2 Å². The number of hydrogen-bond donors (Lipinski definition) is 3. The lowest BCUT2D eigenvalue weighted by Crippen LogP contribution is -2.42. The number of benzene rings is 1. The highest BCUT2D eigenvalue weighted by Gasteiger charge is 2.28. The number of anilines is 1. The summed E-state index contributed by atoms with van der Waals surface area (Å²) in [5.41, 5.74) is 7.18. The number of rotatable bonds is 3. The molecule has 110 valence electrons. The second-order valence-corrected chi connectivity index (χ2v) is 5.89. The molecule has 0 bridgehead atoms. The van der Waals surface area contributed by atoms with Gasteiger partial charge in [-0.3, -0.25) is 4.79 Å². The molecule has 0 saturated heterocycles. The largest absolute Gasteiger partial charge is 0.399 e. The second kappa shape index (κ2) is 6.27. The van der Waals surface area contributed by atoms with E-state index in [-0.39, 0.29) is 5.91 Å². The van der Waals surface area contributed by atoms with Crippen LogP contribution in [0.5, 0.6) is 0 Å². The molecule has 1 amide bonds. The Morgan fingerprint density at radius 1 is 1.30 bits per heavy atom. The number of nitrogen functional groups attached to an aromatic ring is 1. The Hall–Kier alpha value is -1.55. The summed E-state index contributed by atoms with van der Waals surface area (Å²) >= 11 is 0. The van der Waals surface area contributed by atoms with Crippen molar-refractivity contribution >= 4 is 11.6 Å². The highest BCUT2D eigenvalue weighted by molar-refractivity contribution is 5.94. The van der Waals surface area contributed by atoms with Crippen molar-refractivity contribution in [1.29, 1.82) is 0 Å². The third-order valence-corrected chi connectivity index (χ3v) is 4.14. The zero-order valence-corrected chi connectivity index (χ0v) is 12.1. The molecule has 2 rings (SSSR count). The average molecular weight is 276 g/mol. The van der Waals surface area contributed by atoms with Crippen LogP contribution in [0.25, 0.3) is 0 Å². The number of carbonyl (C=O) groups is 1. The minimum atomic E-state index is -0.741. The van der Waals surface area contributed by atoms with Crippen LogP contribution in [0.1, 0.15) is 54.4 Å². The summed E-state index contributed by atoms with van der Waals surface area (Å²) in [4.78, 5) is 12.1. The van der Waals surface area contributed by atoms with E-state index in [0.29, 0.717) is 17.8 Å². The van der Waals surface area contributed by atoms with E-state index in [0.717, 1.165) is 31.2 Å². The Kier molecular flexibility index (Phi) is 4.65. The van der Waals surface area contributed by atoms with Crippen LogP contribution in [0.15, 0.2) is 18.2 Å². The Bertz CT molecular complexity index is 477. The highest BCUT2D eigenvalue weighted by Crippen LogP contribution is 2.26. The minimum absolute atomic E-state index is 0.147. The molecule has 4 N–H and O–H groups in total. The smallest absolute Gasteiger partial charge is 0.251 e. The number of aryl methyl sites for hydroxylation is 1. The van der Waals surface area contributed by atoms with Gasteiger partial charge in [0.15, 0.2) is 0 Å². The van der Waals surface area contributed by atoms with Gasteiger partial charge in [0.2, 0.25) is 0 Å². The van der Waals surface area contributed by atoms with Crippen molar-refractivity contribution in [3.05, 3.63) is 29.3 Å². The number of nitrogens with two attached hydrogens (primary N) is 1. The van der Waals surface area contributed by atoms with E-state index in [1.54, 1.807) is 18.2 Å². The van der Waals surface area contributed by atoms with Crippen LogP contribution in [-0.2, 0) is 0 Å². The lowest BCUT2D eigenvalue weighted by Gasteiger charge is -2.26. The summed E-state index contributed by atoms with van der Waals surface area (Å²) in [7, 11) is 0. The van der Waals surface area contributed by atoms with Crippen LogP contribution >= 0.6 is 0 Å². The van der Waals surface area contributed by atoms with Crippen molar-refractivity contribution in [2.75, 3.05) is 12.3 Å². The van der Waals surface area contributed by atoms with Gasteiger partial charge in [0.25, 0.3) is 5.91 Å². The fourth-order valence-corrected chi connectivity index (χ4v) is 2.73. The van der Waals surface area contributed by atoms with Crippen molar-refractivity contribution in [2.45, 2.75) is 51.0 Å². The zero-order chi connectivity index (χ0) is 14.6. The van der Waals surface area contributed by atoms with Crippen LogP contribution in [0.2, 0.25) is 0 Å². The van der Waals surface area contributed by atoms with Gasteiger partial charge < -0.3 is 16.2 Å². The molecule has 0 aliphatic heterocycles. The molecule has 1 fully saturated rings. The predicted molar refractivity (Wildman–Crippen MR) is 80.6 cm³/mol. The summed E-state index contributed by atoms with van der Waals surface area (Å²) in [5.74, 6) is -0.147. The molecule has 20 heavy (non-hydrogen) atoms. The van der Waals surface area contributed by atoms with E-state index in [1.165, 1.54) is 12.8 Å². The lowest BCUT2D eigenvalue weighted by atomic mass is 9.94. The molecule has 0 spiro atoms. The van der Waals surface area contributed by atoms with Gasteiger partial charge in [-0.1, -0.05) is 25.7 Å². The normalized spacial score (nSPS) is 18.3. The van der Waals surface area contributed by atoms with Gasteiger partial charge in [0, 0.05) is 17.8 Å². The third kappa shape index (κ3) is 3.73. The predicted octanol–water partition coefficient (Wildman–Crippen LogP) is 2.39. The molecule has 1 aromatic rings. The van der Waals surface area contributed by atoms with Gasteiger partial charge in [-0.25, -0.2) is 0 Å². The molecule has 1 saturated carbocycles. The minimum Gasteiger partial charge on any atom is -0.399 e. The van der Waals surface area contributed by atoms with Crippen LogP contribution in [0, 0.1) is 6.92 Å². The Balaban J connectivity index is 1.95. The van der Waals surface area contributed by atoms with Gasteiger partial charge >= 0.3 is 0 Å². The van der Waals surface area contributed by atoms with Crippen molar-refractivity contribution in [1.82, 2.24) is 5.32 Å². The van der Waals surface area contributed by atoms with E-state index in [2.05, 4.69) is 5.32 Å². The Labute approximate surface area is 120 Å². The van der Waals surface area contributed by atoms with E-state index in [4.69, 9.17) is 5.73 Å². The van der Waals surface area contributed by atoms with E-state index < -0.39 is 5.60 Å². The maximum atomic E-state index is 12.1. The third-order valence-electron chi connectivity index (χ3n) is 4.14. The molecular weight excluding hydrogens is 252 g/mol. The molecule has 4 heteroatoms. The van der Waals surface area contributed by atoms with E-state index in [9.17, 15) is 9.90 Å². The number of carbonyl (C=O) groups excluding carboxylic acids is 1. The molecule has 0 radical (unpaired) electrons. The molecule has 4 nitrogen and oxygen atoms in total. The number of hydrogen-bond acceptors (Lipinski definition) is 3. The van der Waals surface area contributed by atoms with Gasteiger partial charge in [-0.2, -0.15) is 0 Å². The number of aliphatic hydroxyl groups is 1. The summed E-state index contributed by atoms with van der Waals surface area (Å²) in [6.07, 6.45) is 5.96. The monoisotopic (exact) mass is 276 g/mol. The summed E-state index contributed by atoms with van der Waals surface area (Å²) in [6, 6.07) is 5.24. The number of nitrogens with one attached hydrogen (secondary N) is 1. The van der Waals surface area contributed by atoms with Crippen molar-refractivity contribution in [2.24, 2.45) is 0 Å². The van der Waals surface area contributed by atoms with Crippen LogP contribution < -0.4 is 11.1 Å². The quantitative estimate of drug-likeness (QED) is 0.586. The SMILES string of the molecule is Cc1cc(C(=O)NCC2(O)CCCCCC2)ccc1N. The van der Waals surface area contributed by atoms with Crippen molar-refractivity contribution in [3.63, 3.8) is 0 Å². The van der Waals surface area contributed by atoms with Crippen molar-refractivity contribution in [3.8, 4) is 0 Å². The van der Waals surface area contributed by atoms with Gasteiger partial charge in [-0.15, -0.1) is 0 Å². The summed E-state index contributed by atoms with van der Waals surface area (Å²) in [5, 5.41) is 13.4. The Morgan fingerprint density at radius 2 is 1.95 bits per heavy atom.